The topological polar surface area (TPSA) is 54.4 Å². The first-order valence-electron chi connectivity index (χ1n) is 7.33. The fourth-order valence-corrected chi connectivity index (χ4v) is 3.48. The van der Waals surface area contributed by atoms with Gasteiger partial charge in [-0.25, -0.2) is 4.79 Å². The Bertz CT molecular complexity index is 623. The normalized spacial score (nSPS) is 21.0. The molecule has 0 fully saturated rings. The van der Waals surface area contributed by atoms with E-state index in [2.05, 4.69) is 19.9 Å². The van der Waals surface area contributed by atoms with Gasteiger partial charge in [-0.15, -0.1) is 0 Å². The average Bonchev–Trinajstić information content (AvgIpc) is 2.35. The van der Waals surface area contributed by atoms with Gasteiger partial charge in [0, 0.05) is 12.3 Å². The molecule has 0 saturated heterocycles. The van der Waals surface area contributed by atoms with Gasteiger partial charge in [0.05, 0.1) is 5.56 Å². The van der Waals surface area contributed by atoms with Crippen LogP contribution < -0.4 is 0 Å². The summed E-state index contributed by atoms with van der Waals surface area (Å²) in [5, 5.41) is 9.30. The lowest BCUT2D eigenvalue weighted by Gasteiger charge is -2.38. The van der Waals surface area contributed by atoms with Crippen molar-refractivity contribution in [2.45, 2.75) is 46.5 Å². The van der Waals surface area contributed by atoms with Gasteiger partial charge < -0.3 is 5.11 Å². The van der Waals surface area contributed by atoms with E-state index in [1.807, 2.05) is 13.8 Å². The SMILES string of the molecule is CCc1cc(C(=O)O)cc(C2C(C)=CC(=O)CC2(C)C)c1. The van der Waals surface area contributed by atoms with Gasteiger partial charge in [0.25, 0.3) is 0 Å². The number of carbonyl (C=O) groups is 2. The minimum atomic E-state index is -0.905. The van der Waals surface area contributed by atoms with Crippen LogP contribution in [0.2, 0.25) is 0 Å². The third-order valence-electron chi connectivity index (χ3n) is 4.26. The minimum absolute atomic E-state index is 0.0831. The van der Waals surface area contributed by atoms with Gasteiger partial charge in [0.2, 0.25) is 0 Å². The number of hydrogen-bond donors (Lipinski definition) is 1. The first-order chi connectivity index (χ1) is 9.74. The molecule has 1 aromatic carbocycles. The Labute approximate surface area is 125 Å². The molecule has 1 aromatic rings. The molecule has 2 rings (SSSR count). The molecular formula is C18H22O3. The molecule has 1 aliphatic carbocycles. The summed E-state index contributed by atoms with van der Waals surface area (Å²) in [5.41, 5.74) is 3.16. The molecule has 1 N–H and O–H groups in total. The Hall–Kier alpha value is -1.90. The first-order valence-corrected chi connectivity index (χ1v) is 7.33. The first kappa shape index (κ1) is 15.5. The van der Waals surface area contributed by atoms with Gasteiger partial charge >= 0.3 is 5.97 Å². The van der Waals surface area contributed by atoms with Gasteiger partial charge in [-0.3, -0.25) is 4.79 Å². The molecule has 0 amide bonds. The Morgan fingerprint density at radius 1 is 1.33 bits per heavy atom. The van der Waals surface area contributed by atoms with Crippen LogP contribution in [0.25, 0.3) is 0 Å². The molecule has 1 unspecified atom stereocenters. The molecule has 0 radical (unpaired) electrons. The standard InChI is InChI=1S/C18H22O3/c1-5-12-7-13(9-14(8-12)17(20)21)16-11(2)6-15(19)10-18(16,3)4/h6-9,16H,5,10H2,1-4H3,(H,20,21). The van der Waals surface area contributed by atoms with Gasteiger partial charge in [-0.2, -0.15) is 0 Å². The maximum Gasteiger partial charge on any atom is 0.335 e. The molecule has 0 aliphatic heterocycles. The number of carbonyl (C=O) groups excluding carboxylic acids is 1. The predicted octanol–water partition coefficient (Wildman–Crippen LogP) is 3.98. The Morgan fingerprint density at radius 2 is 2.00 bits per heavy atom. The summed E-state index contributed by atoms with van der Waals surface area (Å²) >= 11 is 0. The van der Waals surface area contributed by atoms with Crippen molar-refractivity contribution in [3.63, 3.8) is 0 Å². The maximum absolute atomic E-state index is 11.8. The lowest BCUT2D eigenvalue weighted by molar-refractivity contribution is -0.117. The number of benzene rings is 1. The molecule has 1 atom stereocenters. The zero-order valence-corrected chi connectivity index (χ0v) is 13.1. The van der Waals surface area contributed by atoms with E-state index < -0.39 is 5.97 Å². The molecule has 0 bridgehead atoms. The third kappa shape index (κ3) is 3.07. The summed E-state index contributed by atoms with van der Waals surface area (Å²) in [7, 11) is 0. The van der Waals surface area contributed by atoms with Crippen LogP contribution in [0.3, 0.4) is 0 Å². The van der Waals surface area contributed by atoms with Crippen molar-refractivity contribution in [2.24, 2.45) is 5.41 Å². The van der Waals surface area contributed by atoms with E-state index in [1.54, 1.807) is 18.2 Å². The molecule has 0 spiro atoms. The Morgan fingerprint density at radius 3 is 2.52 bits per heavy atom. The summed E-state index contributed by atoms with van der Waals surface area (Å²) in [4.78, 5) is 23.1. The summed E-state index contributed by atoms with van der Waals surface area (Å²) < 4.78 is 0. The van der Waals surface area contributed by atoms with Crippen molar-refractivity contribution in [3.8, 4) is 0 Å². The van der Waals surface area contributed by atoms with Crippen molar-refractivity contribution >= 4 is 11.8 Å². The number of aryl methyl sites for hydroxylation is 1. The zero-order chi connectivity index (χ0) is 15.8. The van der Waals surface area contributed by atoms with Crippen molar-refractivity contribution < 1.29 is 14.7 Å². The van der Waals surface area contributed by atoms with E-state index in [-0.39, 0.29) is 17.1 Å². The van der Waals surface area contributed by atoms with Crippen molar-refractivity contribution in [3.05, 3.63) is 46.5 Å². The maximum atomic E-state index is 11.8. The number of aromatic carboxylic acids is 1. The highest BCUT2D eigenvalue weighted by Gasteiger charge is 2.37. The van der Waals surface area contributed by atoms with Gasteiger partial charge in [-0.05, 0) is 48.1 Å². The molecule has 1 aliphatic rings. The summed E-state index contributed by atoms with van der Waals surface area (Å²) in [6.07, 6.45) is 2.99. The molecule has 21 heavy (non-hydrogen) atoms. The number of ketones is 1. The molecule has 0 saturated carbocycles. The van der Waals surface area contributed by atoms with Crippen LogP contribution in [0, 0.1) is 5.41 Å². The second kappa shape index (κ2) is 5.47. The lowest BCUT2D eigenvalue weighted by atomic mass is 9.65. The summed E-state index contributed by atoms with van der Waals surface area (Å²) in [5.74, 6) is -0.670. The third-order valence-corrected chi connectivity index (χ3v) is 4.26. The molecule has 3 nitrogen and oxygen atoms in total. The highest BCUT2D eigenvalue weighted by molar-refractivity contribution is 5.92. The van der Waals surface area contributed by atoms with Crippen LogP contribution in [0.5, 0.6) is 0 Å². The molecule has 3 heteroatoms. The van der Waals surface area contributed by atoms with Gasteiger partial charge in [0.1, 0.15) is 0 Å². The highest BCUT2D eigenvalue weighted by atomic mass is 16.4. The molecule has 112 valence electrons. The Balaban J connectivity index is 2.59. The van der Waals surface area contributed by atoms with Crippen LogP contribution >= 0.6 is 0 Å². The van der Waals surface area contributed by atoms with E-state index in [1.165, 1.54) is 0 Å². The summed E-state index contributed by atoms with van der Waals surface area (Å²) in [6, 6.07) is 5.55. The second-order valence-corrected chi connectivity index (χ2v) is 6.58. The van der Waals surface area contributed by atoms with Crippen LogP contribution in [0.15, 0.2) is 29.8 Å². The average molecular weight is 286 g/mol. The molecule has 0 heterocycles. The molecular weight excluding hydrogens is 264 g/mol. The van der Waals surface area contributed by atoms with Gasteiger partial charge in [0.15, 0.2) is 5.78 Å². The zero-order valence-electron chi connectivity index (χ0n) is 13.1. The predicted molar refractivity (Wildman–Crippen MR) is 82.7 cm³/mol. The van der Waals surface area contributed by atoms with Gasteiger partial charge in [-0.1, -0.05) is 32.4 Å². The summed E-state index contributed by atoms with van der Waals surface area (Å²) in [6.45, 7) is 8.13. The lowest BCUT2D eigenvalue weighted by Crippen LogP contribution is -2.30. The monoisotopic (exact) mass is 286 g/mol. The van der Waals surface area contributed by atoms with Crippen LogP contribution in [0.1, 0.15) is 61.5 Å². The fraction of sp³-hybridized carbons (Fsp3) is 0.444. The second-order valence-electron chi connectivity index (χ2n) is 6.58. The van der Waals surface area contributed by atoms with Crippen molar-refractivity contribution in [1.82, 2.24) is 0 Å². The number of hydrogen-bond acceptors (Lipinski definition) is 2. The van der Waals surface area contributed by atoms with Crippen molar-refractivity contribution in [2.75, 3.05) is 0 Å². The fourth-order valence-electron chi connectivity index (χ4n) is 3.48. The number of carboxylic acid groups (broad SMARTS) is 1. The van der Waals surface area contributed by atoms with Crippen LogP contribution in [0.4, 0.5) is 0 Å². The largest absolute Gasteiger partial charge is 0.478 e. The highest BCUT2D eigenvalue weighted by Crippen LogP contribution is 2.46. The van der Waals surface area contributed by atoms with E-state index in [9.17, 15) is 14.7 Å². The quantitative estimate of drug-likeness (QED) is 0.914. The van der Waals surface area contributed by atoms with Crippen LogP contribution in [-0.2, 0) is 11.2 Å². The number of carboxylic acids is 1. The smallest absolute Gasteiger partial charge is 0.335 e. The van der Waals surface area contributed by atoms with E-state index in [4.69, 9.17) is 0 Å². The molecule has 0 aromatic heterocycles. The Kier molecular flexibility index (Phi) is 4.04. The van der Waals surface area contributed by atoms with E-state index in [0.717, 1.165) is 23.1 Å². The van der Waals surface area contributed by atoms with Crippen molar-refractivity contribution in [1.29, 1.82) is 0 Å². The van der Waals surface area contributed by atoms with E-state index in [0.29, 0.717) is 12.0 Å². The number of allylic oxidation sites excluding steroid dienone is 2. The minimum Gasteiger partial charge on any atom is -0.478 e. The van der Waals surface area contributed by atoms with E-state index >= 15 is 0 Å². The number of rotatable bonds is 3. The van der Waals surface area contributed by atoms with Crippen LogP contribution in [-0.4, -0.2) is 16.9 Å².